The number of nitrogens with zero attached hydrogens (tertiary/aromatic N) is 2. The highest BCUT2D eigenvalue weighted by molar-refractivity contribution is 5.94. The van der Waals surface area contributed by atoms with Gasteiger partial charge in [0.25, 0.3) is 5.91 Å². The molecule has 2 N–H and O–H groups in total. The first kappa shape index (κ1) is 19.9. The van der Waals surface area contributed by atoms with E-state index in [1.807, 2.05) is 30.3 Å². The zero-order chi connectivity index (χ0) is 19.9. The first-order valence-electron chi connectivity index (χ1n) is 9.55. The summed E-state index contributed by atoms with van der Waals surface area (Å²) in [5.41, 5.74) is 1.55. The molecule has 2 heterocycles. The van der Waals surface area contributed by atoms with Gasteiger partial charge < -0.3 is 25.0 Å². The van der Waals surface area contributed by atoms with Crippen LogP contribution in [0.3, 0.4) is 0 Å². The lowest BCUT2D eigenvalue weighted by molar-refractivity contribution is 0.0953. The molecule has 1 aromatic carbocycles. The summed E-state index contributed by atoms with van der Waals surface area (Å²) < 4.78 is 10.7. The maximum absolute atomic E-state index is 12.4. The number of carbonyl (C=O) groups is 1. The minimum absolute atomic E-state index is 0.130. The number of methoxy groups -OCH3 is 2. The van der Waals surface area contributed by atoms with E-state index in [0.717, 1.165) is 31.0 Å². The number of pyridine rings is 1. The minimum Gasteiger partial charge on any atom is -0.493 e. The topological polar surface area (TPSA) is 75.7 Å². The van der Waals surface area contributed by atoms with E-state index in [2.05, 4.69) is 27.4 Å². The van der Waals surface area contributed by atoms with Gasteiger partial charge in [0, 0.05) is 38.4 Å². The standard InChI is InChI=1S/C21H28N4O3/c1-15-14-25(12-11-22-15)19-8-7-17(13-24-19)21(26)23-10-9-16-5-4-6-18(27-2)20(16)28-3/h4-8,13,15,22H,9-12,14H2,1-3H3,(H,23,26). The van der Waals surface area contributed by atoms with Gasteiger partial charge in [-0.3, -0.25) is 4.79 Å². The smallest absolute Gasteiger partial charge is 0.252 e. The van der Waals surface area contributed by atoms with Gasteiger partial charge in [-0.2, -0.15) is 0 Å². The number of amides is 1. The second-order valence-electron chi connectivity index (χ2n) is 6.86. The molecule has 1 aliphatic heterocycles. The largest absolute Gasteiger partial charge is 0.493 e. The lowest BCUT2D eigenvalue weighted by Gasteiger charge is -2.32. The van der Waals surface area contributed by atoms with Crippen LogP contribution in [-0.2, 0) is 6.42 Å². The molecule has 1 saturated heterocycles. The van der Waals surface area contributed by atoms with Gasteiger partial charge in [-0.05, 0) is 37.1 Å². The Morgan fingerprint density at radius 2 is 2.14 bits per heavy atom. The van der Waals surface area contributed by atoms with E-state index in [1.165, 1.54) is 0 Å². The number of rotatable bonds is 7. The van der Waals surface area contributed by atoms with Crippen LogP contribution in [0, 0.1) is 0 Å². The Kier molecular flexibility index (Phi) is 6.71. The van der Waals surface area contributed by atoms with Gasteiger partial charge in [-0.1, -0.05) is 12.1 Å². The third kappa shape index (κ3) is 4.72. The van der Waals surface area contributed by atoms with Gasteiger partial charge in [0.2, 0.25) is 0 Å². The van der Waals surface area contributed by atoms with Crippen LogP contribution in [0.1, 0.15) is 22.8 Å². The van der Waals surface area contributed by atoms with Crippen molar-refractivity contribution in [1.29, 1.82) is 0 Å². The highest BCUT2D eigenvalue weighted by Gasteiger charge is 2.17. The molecule has 0 bridgehead atoms. The Bertz CT molecular complexity index is 795. The van der Waals surface area contributed by atoms with Crippen molar-refractivity contribution < 1.29 is 14.3 Å². The van der Waals surface area contributed by atoms with E-state index in [1.54, 1.807) is 20.4 Å². The van der Waals surface area contributed by atoms with Crippen LogP contribution in [0.2, 0.25) is 0 Å². The third-order valence-corrected chi connectivity index (χ3v) is 4.87. The summed E-state index contributed by atoms with van der Waals surface area (Å²) in [6, 6.07) is 9.92. The second-order valence-corrected chi connectivity index (χ2v) is 6.86. The zero-order valence-electron chi connectivity index (χ0n) is 16.7. The predicted molar refractivity (Wildman–Crippen MR) is 109 cm³/mol. The van der Waals surface area contributed by atoms with Crippen LogP contribution in [-0.4, -0.2) is 57.3 Å². The number of carbonyl (C=O) groups excluding carboxylic acids is 1. The van der Waals surface area contributed by atoms with E-state index >= 15 is 0 Å². The van der Waals surface area contributed by atoms with E-state index in [9.17, 15) is 4.79 Å². The molecule has 0 saturated carbocycles. The molecular formula is C21H28N4O3. The molecule has 0 aliphatic carbocycles. The Morgan fingerprint density at radius 3 is 2.82 bits per heavy atom. The zero-order valence-corrected chi connectivity index (χ0v) is 16.7. The van der Waals surface area contributed by atoms with Crippen molar-refractivity contribution in [2.24, 2.45) is 0 Å². The fraction of sp³-hybridized carbons (Fsp3) is 0.429. The number of hydrogen-bond donors (Lipinski definition) is 2. The van der Waals surface area contributed by atoms with Crippen molar-refractivity contribution in [3.05, 3.63) is 47.7 Å². The van der Waals surface area contributed by atoms with Gasteiger partial charge in [-0.25, -0.2) is 4.98 Å². The number of aromatic nitrogens is 1. The van der Waals surface area contributed by atoms with Gasteiger partial charge in [0.05, 0.1) is 19.8 Å². The molecule has 2 aromatic rings. The van der Waals surface area contributed by atoms with E-state index in [4.69, 9.17) is 9.47 Å². The van der Waals surface area contributed by atoms with Gasteiger partial charge >= 0.3 is 0 Å². The quantitative estimate of drug-likeness (QED) is 0.759. The summed E-state index contributed by atoms with van der Waals surface area (Å²) in [6.07, 6.45) is 2.29. The molecule has 1 fully saturated rings. The Hall–Kier alpha value is -2.80. The molecule has 1 aliphatic rings. The van der Waals surface area contributed by atoms with Crippen LogP contribution >= 0.6 is 0 Å². The number of anilines is 1. The number of para-hydroxylation sites is 1. The third-order valence-electron chi connectivity index (χ3n) is 4.87. The van der Waals surface area contributed by atoms with Gasteiger partial charge in [-0.15, -0.1) is 0 Å². The van der Waals surface area contributed by atoms with Crippen molar-refractivity contribution >= 4 is 11.7 Å². The predicted octanol–water partition coefficient (Wildman–Crippen LogP) is 1.87. The normalized spacial score (nSPS) is 16.5. The molecule has 1 atom stereocenters. The average molecular weight is 384 g/mol. The Labute approximate surface area is 166 Å². The molecule has 0 radical (unpaired) electrons. The second kappa shape index (κ2) is 9.41. The fourth-order valence-electron chi connectivity index (χ4n) is 3.41. The summed E-state index contributed by atoms with van der Waals surface area (Å²) in [7, 11) is 3.23. The van der Waals surface area contributed by atoms with Crippen molar-refractivity contribution in [2.45, 2.75) is 19.4 Å². The molecule has 150 valence electrons. The highest BCUT2D eigenvalue weighted by atomic mass is 16.5. The highest BCUT2D eigenvalue weighted by Crippen LogP contribution is 2.30. The maximum atomic E-state index is 12.4. The van der Waals surface area contributed by atoms with Gasteiger partial charge in [0.1, 0.15) is 5.82 Å². The number of piperazine rings is 1. The van der Waals surface area contributed by atoms with Crippen molar-refractivity contribution in [3.8, 4) is 11.5 Å². The summed E-state index contributed by atoms with van der Waals surface area (Å²) >= 11 is 0. The minimum atomic E-state index is -0.130. The molecule has 1 unspecified atom stereocenters. The monoisotopic (exact) mass is 384 g/mol. The van der Waals surface area contributed by atoms with Crippen LogP contribution in [0.4, 0.5) is 5.82 Å². The first-order valence-corrected chi connectivity index (χ1v) is 9.55. The lowest BCUT2D eigenvalue weighted by Crippen LogP contribution is -2.49. The SMILES string of the molecule is COc1cccc(CCNC(=O)c2ccc(N3CCNC(C)C3)nc2)c1OC. The molecule has 28 heavy (non-hydrogen) atoms. The Balaban J connectivity index is 1.55. The maximum Gasteiger partial charge on any atom is 0.252 e. The van der Waals surface area contributed by atoms with E-state index in [-0.39, 0.29) is 5.91 Å². The molecular weight excluding hydrogens is 356 g/mol. The molecule has 7 nitrogen and oxygen atoms in total. The van der Waals surface area contributed by atoms with Crippen LogP contribution in [0.5, 0.6) is 11.5 Å². The summed E-state index contributed by atoms with van der Waals surface area (Å²) in [5, 5.41) is 6.36. The summed E-state index contributed by atoms with van der Waals surface area (Å²) in [4.78, 5) is 19.1. The summed E-state index contributed by atoms with van der Waals surface area (Å²) in [5.74, 6) is 2.17. The van der Waals surface area contributed by atoms with Crippen LogP contribution < -0.4 is 25.0 Å². The molecule has 1 amide bonds. The fourth-order valence-corrected chi connectivity index (χ4v) is 3.41. The number of nitrogens with one attached hydrogen (secondary N) is 2. The number of hydrogen-bond acceptors (Lipinski definition) is 6. The first-order chi connectivity index (χ1) is 13.6. The van der Waals surface area contributed by atoms with Crippen molar-refractivity contribution in [3.63, 3.8) is 0 Å². The number of benzene rings is 1. The summed E-state index contributed by atoms with van der Waals surface area (Å²) in [6.45, 7) is 5.44. The average Bonchev–Trinajstić information content (AvgIpc) is 2.73. The lowest BCUT2D eigenvalue weighted by atomic mass is 10.1. The number of ether oxygens (including phenoxy) is 2. The van der Waals surface area contributed by atoms with E-state index in [0.29, 0.717) is 36.1 Å². The molecule has 7 heteroatoms. The van der Waals surface area contributed by atoms with Crippen LogP contribution in [0.25, 0.3) is 0 Å². The Morgan fingerprint density at radius 1 is 1.29 bits per heavy atom. The molecule has 3 rings (SSSR count). The van der Waals surface area contributed by atoms with E-state index < -0.39 is 0 Å². The molecule has 0 spiro atoms. The van der Waals surface area contributed by atoms with Crippen molar-refractivity contribution in [2.75, 3.05) is 45.3 Å². The van der Waals surface area contributed by atoms with Crippen molar-refractivity contribution in [1.82, 2.24) is 15.6 Å². The van der Waals surface area contributed by atoms with Crippen LogP contribution in [0.15, 0.2) is 36.5 Å². The molecule has 1 aromatic heterocycles. The van der Waals surface area contributed by atoms with Gasteiger partial charge in [0.15, 0.2) is 11.5 Å².